The average molecular weight is 723 g/mol. The van der Waals surface area contributed by atoms with Crippen molar-refractivity contribution < 1.29 is 38.4 Å². The molecule has 4 heterocycles. The van der Waals surface area contributed by atoms with Crippen molar-refractivity contribution in [1.29, 1.82) is 0 Å². The third-order valence-electron chi connectivity index (χ3n) is 10.7. The molecule has 3 aromatic rings. The number of carbonyl (C=O) groups is 8. The fraction of sp³-hybridized carbons (Fsp3) is 0.238. The van der Waals surface area contributed by atoms with Crippen LogP contribution in [0.4, 0.5) is 0 Å². The first-order valence-corrected chi connectivity index (χ1v) is 17.7. The van der Waals surface area contributed by atoms with E-state index in [9.17, 15) is 38.4 Å². The summed E-state index contributed by atoms with van der Waals surface area (Å²) in [5.74, 6) is -3.86. The van der Waals surface area contributed by atoms with Crippen LogP contribution in [-0.2, 0) is 9.59 Å². The van der Waals surface area contributed by atoms with E-state index in [1.54, 1.807) is 78.9 Å². The van der Waals surface area contributed by atoms with Crippen molar-refractivity contribution in [1.82, 2.24) is 20.0 Å². The van der Waals surface area contributed by atoms with E-state index in [-0.39, 0.29) is 41.9 Å². The Balaban J connectivity index is 0.894. The molecule has 1 unspecified atom stereocenters. The minimum absolute atomic E-state index is 0.171. The van der Waals surface area contributed by atoms with Crippen LogP contribution in [0, 0.1) is 11.3 Å². The van der Waals surface area contributed by atoms with Gasteiger partial charge in [0, 0.05) is 25.7 Å². The maximum Gasteiger partial charge on any atom is 0.261 e. The van der Waals surface area contributed by atoms with Crippen LogP contribution in [0.2, 0.25) is 0 Å². The molecule has 3 aromatic carbocycles. The van der Waals surface area contributed by atoms with Crippen LogP contribution < -0.4 is 5.32 Å². The topological polar surface area (TPSA) is 158 Å². The van der Waals surface area contributed by atoms with Crippen molar-refractivity contribution in [2.45, 2.75) is 33.1 Å². The predicted octanol–water partition coefficient (Wildman–Crippen LogP) is 4.82. The number of nitrogens with zero attached hydrogens (tertiary/aromatic N) is 3. The van der Waals surface area contributed by atoms with Crippen LogP contribution in [0.3, 0.4) is 0 Å². The molecule has 1 atom stereocenters. The predicted molar refractivity (Wildman–Crippen MR) is 195 cm³/mol. The molecule has 8 rings (SSSR count). The van der Waals surface area contributed by atoms with E-state index in [1.165, 1.54) is 16.8 Å². The summed E-state index contributed by atoms with van der Waals surface area (Å²) in [4.78, 5) is 107. The Bertz CT molecular complexity index is 2420. The van der Waals surface area contributed by atoms with Crippen molar-refractivity contribution in [3.05, 3.63) is 123 Å². The van der Waals surface area contributed by atoms with E-state index in [2.05, 4.69) is 5.32 Å². The second-order valence-electron chi connectivity index (χ2n) is 15.0. The molecule has 12 heteroatoms. The minimum Gasteiger partial charge on any atom is -0.288 e. The van der Waals surface area contributed by atoms with Crippen molar-refractivity contribution >= 4 is 52.8 Å². The largest absolute Gasteiger partial charge is 0.288 e. The Labute approximate surface area is 309 Å². The number of hydrogen-bond acceptors (Lipinski definition) is 8. The van der Waals surface area contributed by atoms with Gasteiger partial charge < -0.3 is 0 Å². The smallest absolute Gasteiger partial charge is 0.261 e. The van der Waals surface area contributed by atoms with E-state index in [0.29, 0.717) is 69.4 Å². The first kappa shape index (κ1) is 34.5. The third-order valence-corrected chi connectivity index (χ3v) is 10.7. The molecule has 5 aliphatic rings. The van der Waals surface area contributed by atoms with Crippen LogP contribution in [-0.4, -0.2) is 82.1 Å². The molecule has 0 fully saturated rings. The van der Waals surface area contributed by atoms with Gasteiger partial charge in [0.1, 0.15) is 0 Å². The van der Waals surface area contributed by atoms with Gasteiger partial charge in [-0.1, -0.05) is 56.7 Å². The zero-order chi connectivity index (χ0) is 38.2. The Kier molecular flexibility index (Phi) is 8.02. The summed E-state index contributed by atoms with van der Waals surface area (Å²) in [6, 6.07) is 14.8. The SMILES string of the molecule is CN1C(=O)c2ccc(-c3ccc4c(c3)C(=O)N(CC(C)(C)CCCCN3C(=O)C5=CC(C=CC(c6ccc7c(c6)C(=O)NC7=O)=C5)C3=O)C4=O)cc2C1=O. The molecule has 0 radical (unpaired) electrons. The Morgan fingerprint density at radius 2 is 1.19 bits per heavy atom. The standard InChI is InChI=1S/C42H34N4O8/c1-42(2,21-46-40(53)30-13-10-25(20-33(30)41(46)54)24-9-12-29-32(19-24)39(52)44(3)38(29)51)14-4-5-15-45-36(49)26-7-6-22(16-27(17-26)37(45)50)23-8-11-28-31(18-23)35(48)43-34(28)47/h6-13,16-20,26H,4-5,14-15,21H2,1-3H3,(H,43,47,48). The average Bonchev–Trinajstić information content (AvgIpc) is 3.56. The quantitative estimate of drug-likeness (QED) is 0.243. The van der Waals surface area contributed by atoms with Gasteiger partial charge in [0.15, 0.2) is 0 Å². The molecule has 4 aliphatic heterocycles. The molecular weight excluding hydrogens is 688 g/mol. The van der Waals surface area contributed by atoms with Crippen LogP contribution >= 0.6 is 0 Å². The zero-order valence-corrected chi connectivity index (χ0v) is 29.7. The molecule has 2 bridgehead atoms. The van der Waals surface area contributed by atoms with Gasteiger partial charge in [-0.05, 0) is 83.0 Å². The summed E-state index contributed by atoms with van der Waals surface area (Å²) in [6.45, 7) is 4.31. The van der Waals surface area contributed by atoms with Crippen molar-refractivity contribution in [3.63, 3.8) is 0 Å². The van der Waals surface area contributed by atoms with Gasteiger partial charge in [0.25, 0.3) is 41.4 Å². The second kappa shape index (κ2) is 12.5. The van der Waals surface area contributed by atoms with Gasteiger partial charge in [0.2, 0.25) is 5.91 Å². The maximum absolute atomic E-state index is 13.6. The van der Waals surface area contributed by atoms with Crippen molar-refractivity contribution in [2.24, 2.45) is 11.3 Å². The summed E-state index contributed by atoms with van der Waals surface area (Å²) < 4.78 is 0. The fourth-order valence-electron chi connectivity index (χ4n) is 7.72. The summed E-state index contributed by atoms with van der Waals surface area (Å²) in [5, 5.41) is 2.27. The number of nitrogens with one attached hydrogen (secondary N) is 1. The number of amides is 8. The molecule has 1 N–H and O–H groups in total. The molecule has 0 aromatic heterocycles. The van der Waals surface area contributed by atoms with Gasteiger partial charge in [-0.15, -0.1) is 0 Å². The van der Waals surface area contributed by atoms with Crippen molar-refractivity contribution in [2.75, 3.05) is 20.1 Å². The number of unbranched alkanes of at least 4 members (excludes halogenated alkanes) is 1. The molecule has 0 saturated heterocycles. The molecule has 0 saturated carbocycles. The lowest BCUT2D eigenvalue weighted by atomic mass is 9.86. The monoisotopic (exact) mass is 722 g/mol. The van der Waals surface area contributed by atoms with Gasteiger partial charge in [-0.25, -0.2) is 0 Å². The van der Waals surface area contributed by atoms with Gasteiger partial charge in [-0.3, -0.25) is 58.4 Å². The molecule has 0 spiro atoms. The Morgan fingerprint density at radius 1 is 0.611 bits per heavy atom. The van der Waals surface area contributed by atoms with E-state index >= 15 is 0 Å². The summed E-state index contributed by atoms with van der Waals surface area (Å²) in [6.07, 6.45) is 8.56. The van der Waals surface area contributed by atoms with Gasteiger partial charge in [0.05, 0.1) is 39.3 Å². The van der Waals surface area contributed by atoms with E-state index in [1.807, 2.05) is 13.8 Å². The van der Waals surface area contributed by atoms with Crippen molar-refractivity contribution in [3.8, 4) is 11.1 Å². The highest BCUT2D eigenvalue weighted by Gasteiger charge is 2.40. The number of allylic oxidation sites excluding steroid dienone is 2. The molecule has 54 heavy (non-hydrogen) atoms. The van der Waals surface area contributed by atoms with E-state index in [0.717, 1.165) is 4.90 Å². The van der Waals surface area contributed by atoms with Crippen LogP contribution in [0.1, 0.15) is 101 Å². The fourth-order valence-corrected chi connectivity index (χ4v) is 7.72. The molecule has 12 nitrogen and oxygen atoms in total. The molecular formula is C42H34N4O8. The zero-order valence-electron chi connectivity index (χ0n) is 29.7. The number of rotatable bonds is 9. The highest BCUT2D eigenvalue weighted by atomic mass is 16.2. The second-order valence-corrected chi connectivity index (χ2v) is 15.0. The van der Waals surface area contributed by atoms with Gasteiger partial charge >= 0.3 is 0 Å². The number of carbonyl (C=O) groups excluding carboxylic acids is 8. The highest BCUT2D eigenvalue weighted by molar-refractivity contribution is 6.23. The summed E-state index contributed by atoms with van der Waals surface area (Å²) in [7, 11) is 1.43. The summed E-state index contributed by atoms with van der Waals surface area (Å²) >= 11 is 0. The first-order valence-electron chi connectivity index (χ1n) is 17.7. The van der Waals surface area contributed by atoms with Gasteiger partial charge in [-0.2, -0.15) is 0 Å². The summed E-state index contributed by atoms with van der Waals surface area (Å²) in [5.41, 5.74) is 4.20. The normalized spacial score (nSPS) is 18.9. The maximum atomic E-state index is 13.6. The number of imide groups is 4. The Hall–Kier alpha value is -6.56. The number of benzene rings is 3. The first-order chi connectivity index (χ1) is 25.7. The van der Waals surface area contributed by atoms with Crippen LogP contribution in [0.5, 0.6) is 0 Å². The Morgan fingerprint density at radius 3 is 1.91 bits per heavy atom. The van der Waals surface area contributed by atoms with Crippen LogP contribution in [0.25, 0.3) is 16.7 Å². The molecule has 8 amide bonds. The van der Waals surface area contributed by atoms with E-state index < -0.39 is 40.9 Å². The van der Waals surface area contributed by atoms with E-state index in [4.69, 9.17) is 0 Å². The number of fused-ring (bicyclic) bond motifs is 4. The highest BCUT2D eigenvalue weighted by Crippen LogP contribution is 2.35. The minimum atomic E-state index is -0.632. The molecule has 1 aliphatic carbocycles. The van der Waals surface area contributed by atoms with Crippen LogP contribution in [0.15, 0.2) is 84.5 Å². The lowest BCUT2D eigenvalue weighted by Crippen LogP contribution is -2.44. The molecule has 270 valence electrons. The third kappa shape index (κ3) is 5.61. The number of hydrogen-bond donors (Lipinski definition) is 1. The lowest BCUT2D eigenvalue weighted by molar-refractivity contribution is -0.144. The lowest BCUT2D eigenvalue weighted by Gasteiger charge is -2.30.